The van der Waals surface area contributed by atoms with E-state index in [1.165, 1.54) is 45.3 Å². The molecule has 1 aliphatic rings. The normalized spacial score (nSPS) is 18.2. The molecule has 0 saturated heterocycles. The Labute approximate surface area is 99.9 Å². The monoisotopic (exact) mass is 225 g/mol. The summed E-state index contributed by atoms with van der Waals surface area (Å²) in [4.78, 5) is 2.54. The molecule has 3 nitrogen and oxygen atoms in total. The van der Waals surface area contributed by atoms with Crippen LogP contribution >= 0.6 is 0 Å². The lowest BCUT2D eigenvalue weighted by molar-refractivity contribution is 0.285. The van der Waals surface area contributed by atoms with E-state index in [2.05, 4.69) is 11.0 Å². The molecule has 0 fully saturated rings. The molecule has 0 radical (unpaired) electrons. The minimum atomic E-state index is 0.813. The fourth-order valence-electron chi connectivity index (χ4n) is 2.23. The van der Waals surface area contributed by atoms with E-state index < -0.39 is 0 Å². The summed E-state index contributed by atoms with van der Waals surface area (Å²) in [5.74, 6) is 0. The molecule has 0 aromatic carbocycles. The Hall–Kier alpha value is -0.380. The Bertz CT molecular complexity index is 201. The number of unbranched alkanes of at least 4 members (excludes halogenated alkanes) is 1. The molecule has 94 valence electrons. The van der Waals surface area contributed by atoms with Gasteiger partial charge in [-0.2, -0.15) is 0 Å². The van der Waals surface area contributed by atoms with Crippen molar-refractivity contribution in [3.63, 3.8) is 0 Å². The highest BCUT2D eigenvalue weighted by Gasteiger charge is 2.09. The minimum Gasteiger partial charge on any atom is -0.330 e. The van der Waals surface area contributed by atoms with Gasteiger partial charge in [-0.1, -0.05) is 11.6 Å². The molecule has 0 aromatic rings. The Kier molecular flexibility index (Phi) is 7.47. The number of hydrogen-bond acceptors (Lipinski definition) is 3. The number of nitrogens with zero attached hydrogens (tertiary/aromatic N) is 1. The molecular formula is C13H27N3. The number of nitrogens with two attached hydrogens (primary N) is 2. The van der Waals surface area contributed by atoms with Crippen molar-refractivity contribution in [3.8, 4) is 0 Å². The second kappa shape index (κ2) is 8.74. The van der Waals surface area contributed by atoms with E-state index in [9.17, 15) is 0 Å². The highest BCUT2D eigenvalue weighted by molar-refractivity contribution is 5.04. The Morgan fingerprint density at radius 2 is 1.88 bits per heavy atom. The molecule has 0 spiro atoms. The molecule has 0 saturated carbocycles. The summed E-state index contributed by atoms with van der Waals surface area (Å²) in [6.45, 7) is 5.23. The van der Waals surface area contributed by atoms with Crippen LogP contribution in [0, 0.1) is 0 Å². The Morgan fingerprint density at radius 3 is 2.62 bits per heavy atom. The van der Waals surface area contributed by atoms with Crippen molar-refractivity contribution in [3.05, 3.63) is 11.6 Å². The van der Waals surface area contributed by atoms with Gasteiger partial charge in [0.1, 0.15) is 0 Å². The molecule has 4 N–H and O–H groups in total. The molecule has 0 amide bonds. The summed E-state index contributed by atoms with van der Waals surface area (Å²) < 4.78 is 0. The van der Waals surface area contributed by atoms with Crippen molar-refractivity contribution in [2.75, 3.05) is 32.7 Å². The van der Waals surface area contributed by atoms with Gasteiger partial charge in [0.15, 0.2) is 0 Å². The maximum absolute atomic E-state index is 5.54. The first-order valence-corrected chi connectivity index (χ1v) is 6.67. The lowest BCUT2D eigenvalue weighted by Gasteiger charge is -2.19. The maximum Gasteiger partial charge on any atom is 0.00187 e. The van der Waals surface area contributed by atoms with Crippen LogP contribution in [-0.4, -0.2) is 37.6 Å². The highest BCUT2D eigenvalue weighted by Crippen LogP contribution is 2.16. The molecule has 0 atom stereocenters. The predicted octanol–water partition coefficient (Wildman–Crippen LogP) is 1.49. The van der Waals surface area contributed by atoms with E-state index in [1.807, 2.05) is 0 Å². The second-order valence-electron chi connectivity index (χ2n) is 4.63. The Morgan fingerprint density at radius 1 is 1.06 bits per heavy atom. The van der Waals surface area contributed by atoms with Gasteiger partial charge >= 0.3 is 0 Å². The van der Waals surface area contributed by atoms with Crippen molar-refractivity contribution in [1.82, 2.24) is 4.90 Å². The van der Waals surface area contributed by atoms with Gasteiger partial charge < -0.3 is 16.4 Å². The zero-order valence-corrected chi connectivity index (χ0v) is 10.5. The predicted molar refractivity (Wildman–Crippen MR) is 70.3 cm³/mol. The molecule has 0 aromatic heterocycles. The van der Waals surface area contributed by atoms with Gasteiger partial charge in [-0.3, -0.25) is 0 Å². The average molecular weight is 225 g/mol. The third-order valence-corrected chi connectivity index (χ3v) is 3.26. The average Bonchev–Trinajstić information content (AvgIpc) is 2.52. The van der Waals surface area contributed by atoms with Crippen LogP contribution in [0.4, 0.5) is 0 Å². The van der Waals surface area contributed by atoms with Crippen molar-refractivity contribution in [2.45, 2.75) is 38.5 Å². The third kappa shape index (κ3) is 5.64. The first-order valence-electron chi connectivity index (χ1n) is 6.67. The molecule has 0 aliphatic carbocycles. The van der Waals surface area contributed by atoms with E-state index in [0.29, 0.717) is 0 Å². The highest BCUT2D eigenvalue weighted by atomic mass is 15.1. The summed E-state index contributed by atoms with van der Waals surface area (Å²) >= 11 is 0. The summed E-state index contributed by atoms with van der Waals surface area (Å²) in [7, 11) is 0. The van der Waals surface area contributed by atoms with Crippen molar-refractivity contribution < 1.29 is 0 Å². The summed E-state index contributed by atoms with van der Waals surface area (Å²) in [6.07, 6.45) is 9.69. The summed E-state index contributed by atoms with van der Waals surface area (Å²) in [5, 5.41) is 0. The molecular weight excluding hydrogens is 198 g/mol. The number of rotatable bonds is 7. The minimum absolute atomic E-state index is 0.813. The zero-order valence-electron chi connectivity index (χ0n) is 10.5. The van der Waals surface area contributed by atoms with Crippen LogP contribution < -0.4 is 11.5 Å². The standard InChI is InChI=1S/C13H27N3/c14-8-2-1-5-13-6-3-10-16(12-7-13)11-4-9-15/h6H,1-5,7-12,14-15H2. The van der Waals surface area contributed by atoms with Gasteiger partial charge in [0.25, 0.3) is 0 Å². The van der Waals surface area contributed by atoms with Crippen molar-refractivity contribution >= 4 is 0 Å². The first kappa shape index (κ1) is 13.7. The van der Waals surface area contributed by atoms with Crippen LogP contribution in [0.15, 0.2) is 11.6 Å². The van der Waals surface area contributed by atoms with Crippen LogP contribution in [0.5, 0.6) is 0 Å². The summed E-state index contributed by atoms with van der Waals surface area (Å²) in [6, 6.07) is 0. The van der Waals surface area contributed by atoms with Gasteiger partial charge in [0.05, 0.1) is 0 Å². The van der Waals surface area contributed by atoms with Crippen molar-refractivity contribution in [2.24, 2.45) is 11.5 Å². The van der Waals surface area contributed by atoms with Crippen LogP contribution in [0.25, 0.3) is 0 Å². The zero-order chi connectivity index (χ0) is 11.6. The van der Waals surface area contributed by atoms with E-state index in [-0.39, 0.29) is 0 Å². The Balaban J connectivity index is 2.18. The fraction of sp³-hybridized carbons (Fsp3) is 0.846. The number of hydrogen-bond donors (Lipinski definition) is 2. The maximum atomic E-state index is 5.54. The van der Waals surface area contributed by atoms with Crippen LogP contribution in [0.1, 0.15) is 38.5 Å². The molecule has 3 heteroatoms. The SMILES string of the molecule is NCCCCC1=CCCN(CCCN)CC1. The van der Waals surface area contributed by atoms with Crippen LogP contribution in [0.2, 0.25) is 0 Å². The molecule has 0 unspecified atom stereocenters. The van der Waals surface area contributed by atoms with E-state index in [1.54, 1.807) is 5.57 Å². The smallest absolute Gasteiger partial charge is 0.00187 e. The largest absolute Gasteiger partial charge is 0.330 e. The van der Waals surface area contributed by atoms with Crippen LogP contribution in [-0.2, 0) is 0 Å². The van der Waals surface area contributed by atoms with E-state index in [0.717, 1.165) is 25.9 Å². The van der Waals surface area contributed by atoms with E-state index in [4.69, 9.17) is 11.5 Å². The van der Waals surface area contributed by atoms with Gasteiger partial charge in [-0.05, 0) is 58.2 Å². The van der Waals surface area contributed by atoms with Gasteiger partial charge in [-0.15, -0.1) is 0 Å². The van der Waals surface area contributed by atoms with E-state index >= 15 is 0 Å². The van der Waals surface area contributed by atoms with Gasteiger partial charge in [0.2, 0.25) is 0 Å². The molecule has 1 aliphatic heterocycles. The van der Waals surface area contributed by atoms with Crippen molar-refractivity contribution in [1.29, 1.82) is 0 Å². The van der Waals surface area contributed by atoms with Gasteiger partial charge in [-0.25, -0.2) is 0 Å². The third-order valence-electron chi connectivity index (χ3n) is 3.26. The first-order chi connectivity index (χ1) is 7.86. The summed E-state index contributed by atoms with van der Waals surface area (Å²) in [5.41, 5.74) is 12.7. The molecule has 0 bridgehead atoms. The lowest BCUT2D eigenvalue weighted by Crippen LogP contribution is -2.27. The molecule has 1 rings (SSSR count). The topological polar surface area (TPSA) is 55.3 Å². The fourth-order valence-corrected chi connectivity index (χ4v) is 2.23. The molecule has 16 heavy (non-hydrogen) atoms. The lowest BCUT2D eigenvalue weighted by atomic mass is 10.0. The van der Waals surface area contributed by atoms with Gasteiger partial charge in [0, 0.05) is 13.1 Å². The molecule has 1 heterocycles. The van der Waals surface area contributed by atoms with Crippen LogP contribution in [0.3, 0.4) is 0 Å². The quantitative estimate of drug-likeness (QED) is 0.510. The second-order valence-corrected chi connectivity index (χ2v) is 4.63.